The van der Waals surface area contributed by atoms with Gasteiger partial charge in [0.1, 0.15) is 12.4 Å². The van der Waals surface area contributed by atoms with E-state index in [9.17, 15) is 9.59 Å². The van der Waals surface area contributed by atoms with Crippen molar-refractivity contribution in [2.45, 2.75) is 70.4 Å². The Hall–Kier alpha value is -2.87. The van der Waals surface area contributed by atoms with E-state index >= 15 is 0 Å². The predicted octanol–water partition coefficient (Wildman–Crippen LogP) is 3.70. The molecule has 1 spiro atoms. The van der Waals surface area contributed by atoms with Gasteiger partial charge in [-0.3, -0.25) is 14.3 Å². The Balaban J connectivity index is 1.47. The number of benzene rings is 1. The molecule has 3 heterocycles. The van der Waals surface area contributed by atoms with E-state index in [2.05, 4.69) is 18.1 Å². The van der Waals surface area contributed by atoms with Crippen molar-refractivity contribution in [3.63, 3.8) is 0 Å². The number of aromatic nitrogens is 2. The molecule has 2 aliphatic heterocycles. The highest BCUT2D eigenvalue weighted by Crippen LogP contribution is 2.30. The number of amides is 2. The summed E-state index contributed by atoms with van der Waals surface area (Å²) in [5.41, 5.74) is 0.222. The van der Waals surface area contributed by atoms with Gasteiger partial charge in [-0.05, 0) is 56.2 Å². The lowest BCUT2D eigenvalue weighted by Gasteiger charge is -2.44. The first-order valence-corrected chi connectivity index (χ1v) is 13.5. The molecular formula is C28H40N4O4. The molecule has 1 saturated heterocycles. The van der Waals surface area contributed by atoms with E-state index in [0.717, 1.165) is 44.3 Å². The Kier molecular flexibility index (Phi) is 9.39. The fraction of sp³-hybridized carbons (Fsp3) is 0.607. The summed E-state index contributed by atoms with van der Waals surface area (Å²) in [5, 5.41) is 4.21. The summed E-state index contributed by atoms with van der Waals surface area (Å²) in [6.45, 7) is 5.70. The van der Waals surface area contributed by atoms with Crippen molar-refractivity contribution in [3.8, 4) is 5.75 Å². The van der Waals surface area contributed by atoms with Crippen molar-refractivity contribution < 1.29 is 19.1 Å². The van der Waals surface area contributed by atoms with Crippen LogP contribution in [-0.2, 0) is 27.3 Å². The lowest BCUT2D eigenvalue weighted by molar-refractivity contribution is -0.176. The molecule has 4 rings (SSSR count). The van der Waals surface area contributed by atoms with Crippen LogP contribution in [0.1, 0.15) is 57.4 Å². The third-order valence-electron chi connectivity index (χ3n) is 7.20. The molecule has 8 heteroatoms. The number of aryl methyl sites for hydroxylation is 2. The molecule has 2 aliphatic rings. The van der Waals surface area contributed by atoms with E-state index in [4.69, 9.17) is 9.47 Å². The number of rotatable bonds is 7. The number of carbonyl (C=O) groups is 2. The van der Waals surface area contributed by atoms with E-state index in [1.807, 2.05) is 44.9 Å². The molecule has 1 aromatic heterocycles. The highest BCUT2D eigenvalue weighted by atomic mass is 16.5. The van der Waals surface area contributed by atoms with Gasteiger partial charge < -0.3 is 19.3 Å². The lowest BCUT2D eigenvalue weighted by atomic mass is 9.90. The SMILES string of the molecule is CCCCN1CCOc2ccccc2CCCCC2(CN(C(=O)CCCn3cccn3)CCO2)C1=O. The minimum atomic E-state index is -0.984. The number of nitrogens with zero attached hydrogens (tertiary/aromatic N) is 4. The van der Waals surface area contributed by atoms with Gasteiger partial charge in [0.05, 0.1) is 19.7 Å². The number of hydrogen-bond acceptors (Lipinski definition) is 5. The van der Waals surface area contributed by atoms with Gasteiger partial charge in [-0.15, -0.1) is 0 Å². The third-order valence-corrected chi connectivity index (χ3v) is 7.20. The number of para-hydroxylation sites is 1. The van der Waals surface area contributed by atoms with Crippen LogP contribution in [0.3, 0.4) is 0 Å². The van der Waals surface area contributed by atoms with Crippen LogP contribution >= 0.6 is 0 Å². The van der Waals surface area contributed by atoms with Gasteiger partial charge in [0.25, 0.3) is 5.91 Å². The van der Waals surface area contributed by atoms with Gasteiger partial charge in [-0.1, -0.05) is 31.5 Å². The van der Waals surface area contributed by atoms with Crippen molar-refractivity contribution in [2.75, 3.05) is 39.4 Å². The number of hydrogen-bond donors (Lipinski definition) is 0. The maximum atomic E-state index is 14.0. The summed E-state index contributed by atoms with van der Waals surface area (Å²) < 4.78 is 14.3. The van der Waals surface area contributed by atoms with Gasteiger partial charge in [0.2, 0.25) is 5.91 Å². The predicted molar refractivity (Wildman–Crippen MR) is 138 cm³/mol. The van der Waals surface area contributed by atoms with Crippen molar-refractivity contribution >= 4 is 11.8 Å². The largest absolute Gasteiger partial charge is 0.491 e. The number of carbonyl (C=O) groups excluding carboxylic acids is 2. The fourth-order valence-electron chi connectivity index (χ4n) is 5.16. The zero-order valence-corrected chi connectivity index (χ0v) is 21.6. The average Bonchev–Trinajstić information content (AvgIpc) is 3.42. The zero-order chi connectivity index (χ0) is 25.2. The minimum absolute atomic E-state index is 0.00227. The van der Waals surface area contributed by atoms with Gasteiger partial charge in [-0.25, -0.2) is 0 Å². The highest BCUT2D eigenvalue weighted by molar-refractivity contribution is 5.87. The maximum absolute atomic E-state index is 14.0. The molecule has 2 amide bonds. The highest BCUT2D eigenvalue weighted by Gasteiger charge is 2.46. The van der Waals surface area contributed by atoms with Gasteiger partial charge in [0.15, 0.2) is 5.60 Å². The molecule has 36 heavy (non-hydrogen) atoms. The zero-order valence-electron chi connectivity index (χ0n) is 21.6. The molecule has 0 aliphatic carbocycles. The summed E-state index contributed by atoms with van der Waals surface area (Å²) in [6, 6.07) is 10.1. The van der Waals surface area contributed by atoms with Crippen LogP contribution in [0.2, 0.25) is 0 Å². The van der Waals surface area contributed by atoms with E-state index in [1.54, 1.807) is 6.20 Å². The standard InChI is InChI=1S/C28H40N4O4/c1-2-3-16-30-19-21-35-25-12-5-4-10-24(25)11-6-7-14-28(27(30)34)23-31(20-22-36-28)26(33)13-8-17-32-18-9-15-29-32/h4-5,9-10,12,15,18H,2-3,6-8,11,13-14,16-17,19-23H2,1H3. The first kappa shape index (κ1) is 26.2. The second kappa shape index (κ2) is 12.9. The van der Waals surface area contributed by atoms with E-state index in [0.29, 0.717) is 58.8 Å². The molecule has 0 radical (unpaired) electrons. The molecule has 0 bridgehead atoms. The van der Waals surface area contributed by atoms with Crippen LogP contribution in [0.5, 0.6) is 5.75 Å². The molecule has 1 aromatic carbocycles. The van der Waals surface area contributed by atoms with E-state index in [-0.39, 0.29) is 11.8 Å². The van der Waals surface area contributed by atoms with Gasteiger partial charge in [0, 0.05) is 38.4 Å². The second-order valence-corrected chi connectivity index (χ2v) is 9.84. The minimum Gasteiger partial charge on any atom is -0.491 e. The summed E-state index contributed by atoms with van der Waals surface area (Å²) in [6.07, 6.45) is 10.0. The van der Waals surface area contributed by atoms with Gasteiger partial charge >= 0.3 is 0 Å². The van der Waals surface area contributed by atoms with E-state index < -0.39 is 5.60 Å². The molecule has 1 unspecified atom stereocenters. The van der Waals surface area contributed by atoms with Crippen LogP contribution in [-0.4, -0.2) is 76.4 Å². The molecule has 196 valence electrons. The summed E-state index contributed by atoms with van der Waals surface area (Å²) in [4.78, 5) is 30.9. The first-order chi connectivity index (χ1) is 17.6. The first-order valence-electron chi connectivity index (χ1n) is 13.5. The van der Waals surface area contributed by atoms with Crippen molar-refractivity contribution in [3.05, 3.63) is 48.3 Å². The normalized spacial score (nSPS) is 21.4. The maximum Gasteiger partial charge on any atom is 0.256 e. The summed E-state index contributed by atoms with van der Waals surface area (Å²) in [7, 11) is 0. The summed E-state index contributed by atoms with van der Waals surface area (Å²) in [5.74, 6) is 1.00. The van der Waals surface area contributed by atoms with Crippen LogP contribution in [0.15, 0.2) is 42.7 Å². The fourth-order valence-corrected chi connectivity index (χ4v) is 5.16. The van der Waals surface area contributed by atoms with Crippen LogP contribution < -0.4 is 4.74 Å². The Bertz CT molecular complexity index is 980. The number of unbranched alkanes of at least 4 members (excludes halogenated alkanes) is 1. The summed E-state index contributed by atoms with van der Waals surface area (Å²) >= 11 is 0. The van der Waals surface area contributed by atoms with Gasteiger partial charge in [-0.2, -0.15) is 5.10 Å². The smallest absolute Gasteiger partial charge is 0.256 e. The molecule has 0 saturated carbocycles. The molecule has 8 nitrogen and oxygen atoms in total. The van der Waals surface area contributed by atoms with Crippen LogP contribution in [0.4, 0.5) is 0 Å². The lowest BCUT2D eigenvalue weighted by Crippen LogP contribution is -2.62. The number of fused-ring (bicyclic) bond motifs is 1. The molecular weight excluding hydrogens is 456 g/mol. The Labute approximate surface area is 214 Å². The molecule has 0 N–H and O–H groups in total. The number of morpholine rings is 1. The van der Waals surface area contributed by atoms with Crippen molar-refractivity contribution in [1.29, 1.82) is 0 Å². The van der Waals surface area contributed by atoms with Crippen LogP contribution in [0.25, 0.3) is 0 Å². The van der Waals surface area contributed by atoms with Crippen molar-refractivity contribution in [1.82, 2.24) is 19.6 Å². The van der Waals surface area contributed by atoms with Crippen molar-refractivity contribution in [2.24, 2.45) is 0 Å². The Morgan fingerprint density at radius 3 is 2.81 bits per heavy atom. The molecule has 2 aromatic rings. The molecule has 1 atom stereocenters. The van der Waals surface area contributed by atoms with E-state index in [1.165, 1.54) is 5.56 Å². The third kappa shape index (κ3) is 6.66. The number of ether oxygens (including phenoxy) is 2. The monoisotopic (exact) mass is 496 g/mol. The second-order valence-electron chi connectivity index (χ2n) is 9.84. The Morgan fingerprint density at radius 2 is 1.97 bits per heavy atom. The quantitative estimate of drug-likeness (QED) is 0.584. The topological polar surface area (TPSA) is 76.9 Å². The Morgan fingerprint density at radius 1 is 1.08 bits per heavy atom. The van der Waals surface area contributed by atoms with Crippen LogP contribution in [0, 0.1) is 0 Å². The molecule has 1 fully saturated rings. The average molecular weight is 497 g/mol.